The van der Waals surface area contributed by atoms with Crippen LogP contribution in [0.5, 0.6) is 5.75 Å². The molecular formula is C14H21NO. The Morgan fingerprint density at radius 1 is 1.44 bits per heavy atom. The molecule has 1 N–H and O–H groups in total. The van der Waals surface area contributed by atoms with Gasteiger partial charge in [0.25, 0.3) is 0 Å². The normalized spacial score (nSPS) is 17.2. The van der Waals surface area contributed by atoms with E-state index in [1.54, 1.807) is 7.11 Å². The van der Waals surface area contributed by atoms with Crippen LogP contribution in [-0.2, 0) is 0 Å². The highest BCUT2D eigenvalue weighted by molar-refractivity contribution is 5.40. The Balaban J connectivity index is 2.30. The summed E-state index contributed by atoms with van der Waals surface area (Å²) in [6, 6.07) is 6.92. The quantitative estimate of drug-likeness (QED) is 0.821. The second-order valence-electron chi connectivity index (χ2n) is 4.62. The summed E-state index contributed by atoms with van der Waals surface area (Å²) in [7, 11) is 1.75. The topological polar surface area (TPSA) is 21.3 Å². The lowest BCUT2D eigenvalue weighted by Crippen LogP contribution is -2.23. The number of benzene rings is 1. The zero-order chi connectivity index (χ0) is 11.5. The molecular weight excluding hydrogens is 198 g/mol. The smallest absolute Gasteiger partial charge is 0.123 e. The number of rotatable bonds is 5. The van der Waals surface area contributed by atoms with E-state index in [-0.39, 0.29) is 0 Å². The minimum absolute atomic E-state index is 0.472. The summed E-state index contributed by atoms with van der Waals surface area (Å²) in [5.74, 6) is 1.82. The summed E-state index contributed by atoms with van der Waals surface area (Å²) in [6.45, 7) is 5.31. The molecule has 2 heteroatoms. The van der Waals surface area contributed by atoms with Crippen molar-refractivity contribution >= 4 is 0 Å². The van der Waals surface area contributed by atoms with Crippen LogP contribution < -0.4 is 10.1 Å². The van der Waals surface area contributed by atoms with Gasteiger partial charge in [0.05, 0.1) is 7.11 Å². The van der Waals surface area contributed by atoms with Gasteiger partial charge in [-0.25, -0.2) is 0 Å². The van der Waals surface area contributed by atoms with Crippen LogP contribution in [0, 0.1) is 12.8 Å². The number of hydrogen-bond acceptors (Lipinski definition) is 2. The van der Waals surface area contributed by atoms with Crippen molar-refractivity contribution in [3.63, 3.8) is 0 Å². The largest absolute Gasteiger partial charge is 0.496 e. The molecule has 16 heavy (non-hydrogen) atoms. The van der Waals surface area contributed by atoms with Gasteiger partial charge in [-0.3, -0.25) is 0 Å². The summed E-state index contributed by atoms with van der Waals surface area (Å²) in [4.78, 5) is 0. The van der Waals surface area contributed by atoms with Crippen molar-refractivity contribution in [3.05, 3.63) is 29.3 Å². The van der Waals surface area contributed by atoms with Crippen LogP contribution in [0.25, 0.3) is 0 Å². The van der Waals surface area contributed by atoms with E-state index >= 15 is 0 Å². The molecule has 0 heterocycles. The van der Waals surface area contributed by atoms with Gasteiger partial charge in [0.1, 0.15) is 5.75 Å². The fraction of sp³-hybridized carbons (Fsp3) is 0.571. The standard InChI is InChI=1S/C14H21NO/c1-4-15-14(11-6-7-11)12-9-10(2)5-8-13(12)16-3/h5,8-9,11,14-15H,4,6-7H2,1-3H3. The summed E-state index contributed by atoms with van der Waals surface area (Å²) < 4.78 is 5.47. The van der Waals surface area contributed by atoms with Crippen LogP contribution in [0.15, 0.2) is 18.2 Å². The van der Waals surface area contributed by atoms with Crippen LogP contribution in [0.4, 0.5) is 0 Å². The van der Waals surface area contributed by atoms with E-state index in [0.29, 0.717) is 6.04 Å². The molecule has 0 aromatic heterocycles. The van der Waals surface area contributed by atoms with E-state index in [1.165, 1.54) is 24.0 Å². The Kier molecular flexibility index (Phi) is 3.49. The average molecular weight is 219 g/mol. The van der Waals surface area contributed by atoms with Crippen LogP contribution in [0.2, 0.25) is 0 Å². The Bertz CT molecular complexity index is 358. The highest BCUT2D eigenvalue weighted by Gasteiger charge is 2.33. The fourth-order valence-corrected chi connectivity index (χ4v) is 2.28. The summed E-state index contributed by atoms with van der Waals surface area (Å²) in [5, 5.41) is 3.58. The maximum absolute atomic E-state index is 5.47. The number of hydrogen-bond donors (Lipinski definition) is 1. The lowest BCUT2D eigenvalue weighted by atomic mass is 9.99. The highest BCUT2D eigenvalue weighted by Crippen LogP contribution is 2.43. The van der Waals surface area contributed by atoms with Crippen molar-refractivity contribution in [3.8, 4) is 5.75 Å². The predicted octanol–water partition coefficient (Wildman–Crippen LogP) is 3.06. The Morgan fingerprint density at radius 2 is 2.19 bits per heavy atom. The second-order valence-corrected chi connectivity index (χ2v) is 4.62. The minimum Gasteiger partial charge on any atom is -0.496 e. The van der Waals surface area contributed by atoms with Crippen molar-refractivity contribution in [1.82, 2.24) is 5.32 Å². The zero-order valence-electron chi connectivity index (χ0n) is 10.4. The molecule has 1 fully saturated rings. The molecule has 0 spiro atoms. The molecule has 1 aliphatic rings. The summed E-state index contributed by atoms with van der Waals surface area (Å²) in [6.07, 6.45) is 2.68. The maximum Gasteiger partial charge on any atom is 0.123 e. The molecule has 1 aromatic carbocycles. The Labute approximate surface area is 98.0 Å². The van der Waals surface area contributed by atoms with Crippen LogP contribution >= 0.6 is 0 Å². The molecule has 0 saturated heterocycles. The molecule has 1 aliphatic carbocycles. The average Bonchev–Trinajstić information content (AvgIpc) is 3.10. The first-order valence-corrected chi connectivity index (χ1v) is 6.14. The lowest BCUT2D eigenvalue weighted by molar-refractivity contribution is 0.392. The predicted molar refractivity (Wildman–Crippen MR) is 66.9 cm³/mol. The third-order valence-electron chi connectivity index (χ3n) is 3.24. The van der Waals surface area contributed by atoms with E-state index in [0.717, 1.165) is 18.2 Å². The van der Waals surface area contributed by atoms with E-state index in [4.69, 9.17) is 4.74 Å². The molecule has 2 nitrogen and oxygen atoms in total. The van der Waals surface area contributed by atoms with Crippen molar-refractivity contribution in [2.24, 2.45) is 5.92 Å². The van der Waals surface area contributed by atoms with Gasteiger partial charge in [-0.2, -0.15) is 0 Å². The van der Waals surface area contributed by atoms with Gasteiger partial charge in [-0.05, 0) is 38.3 Å². The third kappa shape index (κ3) is 2.38. The van der Waals surface area contributed by atoms with E-state index in [9.17, 15) is 0 Å². The number of methoxy groups -OCH3 is 1. The fourth-order valence-electron chi connectivity index (χ4n) is 2.28. The molecule has 0 bridgehead atoms. The Morgan fingerprint density at radius 3 is 2.75 bits per heavy atom. The molecule has 1 atom stereocenters. The van der Waals surface area contributed by atoms with Gasteiger partial charge in [0.15, 0.2) is 0 Å². The highest BCUT2D eigenvalue weighted by atomic mass is 16.5. The van der Waals surface area contributed by atoms with Gasteiger partial charge in [0.2, 0.25) is 0 Å². The molecule has 0 amide bonds. The molecule has 88 valence electrons. The summed E-state index contributed by atoms with van der Waals surface area (Å²) >= 11 is 0. The van der Waals surface area contributed by atoms with Crippen molar-refractivity contribution in [2.75, 3.05) is 13.7 Å². The number of ether oxygens (including phenoxy) is 1. The van der Waals surface area contributed by atoms with Gasteiger partial charge in [0, 0.05) is 11.6 Å². The first-order chi connectivity index (χ1) is 7.76. The monoisotopic (exact) mass is 219 g/mol. The van der Waals surface area contributed by atoms with E-state index in [1.807, 2.05) is 0 Å². The van der Waals surface area contributed by atoms with Crippen LogP contribution in [-0.4, -0.2) is 13.7 Å². The van der Waals surface area contributed by atoms with Crippen LogP contribution in [0.3, 0.4) is 0 Å². The van der Waals surface area contributed by atoms with Crippen molar-refractivity contribution < 1.29 is 4.74 Å². The summed E-state index contributed by atoms with van der Waals surface area (Å²) in [5.41, 5.74) is 2.63. The van der Waals surface area contributed by atoms with Gasteiger partial charge < -0.3 is 10.1 Å². The lowest BCUT2D eigenvalue weighted by Gasteiger charge is -2.20. The van der Waals surface area contributed by atoms with Crippen molar-refractivity contribution in [2.45, 2.75) is 32.7 Å². The third-order valence-corrected chi connectivity index (χ3v) is 3.24. The number of nitrogens with one attached hydrogen (secondary N) is 1. The first kappa shape index (κ1) is 11.5. The van der Waals surface area contributed by atoms with Crippen LogP contribution in [0.1, 0.15) is 36.9 Å². The second kappa shape index (κ2) is 4.88. The minimum atomic E-state index is 0.472. The maximum atomic E-state index is 5.47. The molecule has 2 rings (SSSR count). The molecule has 1 aromatic rings. The first-order valence-electron chi connectivity index (χ1n) is 6.14. The Hall–Kier alpha value is -1.02. The van der Waals surface area contributed by atoms with E-state index in [2.05, 4.69) is 37.4 Å². The zero-order valence-corrected chi connectivity index (χ0v) is 10.4. The molecule has 1 unspecified atom stereocenters. The van der Waals surface area contributed by atoms with E-state index < -0.39 is 0 Å². The number of aryl methyl sites for hydroxylation is 1. The van der Waals surface area contributed by atoms with Crippen molar-refractivity contribution in [1.29, 1.82) is 0 Å². The van der Waals surface area contributed by atoms with Gasteiger partial charge in [-0.1, -0.05) is 24.6 Å². The SMILES string of the molecule is CCNC(c1cc(C)ccc1OC)C1CC1. The molecule has 0 radical (unpaired) electrons. The molecule has 0 aliphatic heterocycles. The molecule has 1 saturated carbocycles. The van der Waals surface area contributed by atoms with Gasteiger partial charge in [-0.15, -0.1) is 0 Å². The van der Waals surface area contributed by atoms with Gasteiger partial charge >= 0.3 is 0 Å².